The number of hydrogen-bond acceptors (Lipinski definition) is 5. The molecule has 1 aliphatic heterocycles. The Morgan fingerprint density at radius 1 is 1.22 bits per heavy atom. The quantitative estimate of drug-likeness (QED) is 0.717. The first-order valence-electron chi connectivity index (χ1n) is 8.71. The number of nitrogens with zero attached hydrogens (tertiary/aromatic N) is 3. The van der Waals surface area contributed by atoms with E-state index in [1.54, 1.807) is 21.9 Å². The van der Waals surface area contributed by atoms with Gasteiger partial charge in [-0.25, -0.2) is 4.79 Å². The first kappa shape index (κ1) is 17.1. The average Bonchev–Trinajstić information content (AvgIpc) is 2.96. The van der Waals surface area contributed by atoms with Crippen molar-refractivity contribution < 1.29 is 14.3 Å². The smallest absolute Gasteiger partial charge is 0.409 e. The lowest BCUT2D eigenvalue weighted by atomic mass is 9.97. The summed E-state index contributed by atoms with van der Waals surface area (Å²) in [6.45, 7) is 2.72. The normalized spacial score (nSPS) is 13.5. The number of rotatable bonds is 1. The highest BCUT2D eigenvalue weighted by atomic mass is 16.5. The number of hydrogen-bond donors (Lipinski definition) is 1. The molecule has 138 valence electrons. The number of nitrogen functional groups attached to an aromatic ring is 1. The summed E-state index contributed by atoms with van der Waals surface area (Å²) in [6.07, 6.45) is 3.49. The lowest BCUT2D eigenvalue weighted by molar-refractivity contribution is 0.0960. The van der Waals surface area contributed by atoms with E-state index in [2.05, 4.69) is 4.98 Å². The molecule has 0 bridgehead atoms. The fourth-order valence-corrected chi connectivity index (χ4v) is 3.74. The zero-order valence-electron chi connectivity index (χ0n) is 15.2. The molecule has 0 radical (unpaired) electrons. The van der Waals surface area contributed by atoms with E-state index in [9.17, 15) is 9.59 Å². The van der Waals surface area contributed by atoms with Crippen molar-refractivity contribution in [1.82, 2.24) is 14.5 Å². The van der Waals surface area contributed by atoms with Crippen molar-refractivity contribution in [2.75, 3.05) is 19.4 Å². The van der Waals surface area contributed by atoms with E-state index in [0.29, 0.717) is 36.5 Å². The molecule has 1 aromatic carbocycles. The summed E-state index contributed by atoms with van der Waals surface area (Å²) >= 11 is 0. The molecule has 0 spiro atoms. The maximum Gasteiger partial charge on any atom is 0.409 e. The van der Waals surface area contributed by atoms with Crippen molar-refractivity contribution in [2.45, 2.75) is 19.9 Å². The zero-order chi connectivity index (χ0) is 19.1. The molecule has 0 aliphatic carbocycles. The lowest BCUT2D eigenvalue weighted by Crippen LogP contribution is -2.36. The summed E-state index contributed by atoms with van der Waals surface area (Å²) in [5.41, 5.74) is 10.6. The third-order valence-electron chi connectivity index (χ3n) is 5.17. The summed E-state index contributed by atoms with van der Waals surface area (Å²) in [5, 5.41) is 0.859. The van der Waals surface area contributed by atoms with Crippen molar-refractivity contribution in [1.29, 1.82) is 0 Å². The Kier molecular flexibility index (Phi) is 4.07. The monoisotopic (exact) mass is 364 g/mol. The molecule has 0 unspecified atom stereocenters. The van der Waals surface area contributed by atoms with Gasteiger partial charge in [0.25, 0.3) is 5.91 Å². The first-order valence-corrected chi connectivity index (χ1v) is 8.71. The van der Waals surface area contributed by atoms with E-state index >= 15 is 0 Å². The zero-order valence-corrected chi connectivity index (χ0v) is 15.2. The predicted octanol–water partition coefficient (Wildman–Crippen LogP) is 2.74. The number of nitrogens with two attached hydrogens (primary N) is 1. The van der Waals surface area contributed by atoms with E-state index < -0.39 is 0 Å². The van der Waals surface area contributed by atoms with E-state index in [0.717, 1.165) is 22.0 Å². The van der Waals surface area contributed by atoms with Crippen molar-refractivity contribution in [3.8, 4) is 0 Å². The van der Waals surface area contributed by atoms with Crippen LogP contribution in [0.3, 0.4) is 0 Å². The molecule has 1 aliphatic rings. The molecule has 7 heteroatoms. The molecule has 0 atom stereocenters. The minimum absolute atomic E-state index is 0.156. The Bertz CT molecular complexity index is 1070. The Labute approximate surface area is 156 Å². The Hall–Kier alpha value is -3.35. The van der Waals surface area contributed by atoms with Crippen molar-refractivity contribution >= 4 is 28.6 Å². The third kappa shape index (κ3) is 2.63. The van der Waals surface area contributed by atoms with Crippen molar-refractivity contribution in [3.63, 3.8) is 0 Å². The van der Waals surface area contributed by atoms with Crippen LogP contribution >= 0.6 is 0 Å². The van der Waals surface area contributed by atoms with Crippen LogP contribution in [-0.2, 0) is 17.7 Å². The number of amides is 1. The summed E-state index contributed by atoms with van der Waals surface area (Å²) in [5.74, 6) is -0.156. The molecular formula is C20H20N4O3. The van der Waals surface area contributed by atoms with Crippen LogP contribution < -0.4 is 5.73 Å². The predicted molar refractivity (Wildman–Crippen MR) is 102 cm³/mol. The highest BCUT2D eigenvalue weighted by molar-refractivity contribution is 6.07. The van der Waals surface area contributed by atoms with Gasteiger partial charge < -0.3 is 15.4 Å². The second-order valence-corrected chi connectivity index (χ2v) is 6.62. The summed E-state index contributed by atoms with van der Waals surface area (Å²) in [4.78, 5) is 31.0. The van der Waals surface area contributed by atoms with E-state index in [4.69, 9.17) is 10.5 Å². The molecule has 2 aromatic heterocycles. The van der Waals surface area contributed by atoms with E-state index in [-0.39, 0.29) is 12.0 Å². The van der Waals surface area contributed by atoms with Crippen LogP contribution in [0.1, 0.15) is 27.2 Å². The van der Waals surface area contributed by atoms with Gasteiger partial charge in [-0.15, -0.1) is 0 Å². The van der Waals surface area contributed by atoms with Gasteiger partial charge >= 0.3 is 6.09 Å². The molecule has 27 heavy (non-hydrogen) atoms. The molecule has 0 saturated heterocycles. The van der Waals surface area contributed by atoms with Crippen LogP contribution in [0.25, 0.3) is 10.9 Å². The van der Waals surface area contributed by atoms with E-state index in [1.165, 1.54) is 7.11 Å². The van der Waals surface area contributed by atoms with Crippen LogP contribution in [0.2, 0.25) is 0 Å². The molecular weight excluding hydrogens is 344 g/mol. The fraction of sp³-hybridized carbons (Fsp3) is 0.250. The SMILES string of the molecule is COC(=O)N1CCc2c(cncc2C(=O)n2c(C)c(N)c3ccccc32)C1. The molecule has 0 fully saturated rings. The summed E-state index contributed by atoms with van der Waals surface area (Å²) in [7, 11) is 1.36. The van der Waals surface area contributed by atoms with Gasteiger partial charge in [0.2, 0.25) is 0 Å². The van der Waals surface area contributed by atoms with Gasteiger partial charge in [0.15, 0.2) is 0 Å². The molecule has 2 N–H and O–H groups in total. The topological polar surface area (TPSA) is 90.5 Å². The van der Waals surface area contributed by atoms with Crippen molar-refractivity contribution in [2.24, 2.45) is 0 Å². The van der Waals surface area contributed by atoms with Crippen molar-refractivity contribution in [3.05, 3.63) is 59.0 Å². The van der Waals surface area contributed by atoms with Crippen LogP contribution in [0.15, 0.2) is 36.7 Å². The second kappa shape index (κ2) is 6.42. The maximum absolute atomic E-state index is 13.4. The number of pyridine rings is 1. The minimum Gasteiger partial charge on any atom is -0.453 e. The number of para-hydroxylation sites is 1. The Morgan fingerprint density at radius 2 is 2.00 bits per heavy atom. The molecule has 1 amide bonds. The standard InChI is InChI=1S/C20H20N4O3/c1-12-18(21)15-5-3-4-6-17(15)24(12)19(25)16-10-22-9-13-11-23(20(26)27-2)8-7-14(13)16/h3-6,9-10H,7-8,11,21H2,1-2H3. The largest absolute Gasteiger partial charge is 0.453 e. The minimum atomic E-state index is -0.377. The van der Waals surface area contributed by atoms with Crippen LogP contribution in [0.5, 0.6) is 0 Å². The van der Waals surface area contributed by atoms with Gasteiger partial charge in [0.05, 0.1) is 30.4 Å². The number of anilines is 1. The average molecular weight is 364 g/mol. The molecule has 4 rings (SSSR count). The van der Waals surface area contributed by atoms with Gasteiger partial charge in [0.1, 0.15) is 0 Å². The Balaban J connectivity index is 1.79. The number of ether oxygens (including phenoxy) is 1. The first-order chi connectivity index (χ1) is 13.0. The third-order valence-corrected chi connectivity index (χ3v) is 5.17. The summed E-state index contributed by atoms with van der Waals surface area (Å²) < 4.78 is 6.45. The van der Waals surface area contributed by atoms with Gasteiger partial charge in [0, 0.05) is 30.0 Å². The Morgan fingerprint density at radius 3 is 2.78 bits per heavy atom. The fourth-order valence-electron chi connectivity index (χ4n) is 3.74. The van der Waals surface area contributed by atoms with Gasteiger partial charge in [-0.3, -0.25) is 14.3 Å². The van der Waals surface area contributed by atoms with E-state index in [1.807, 2.05) is 31.2 Å². The summed E-state index contributed by atoms with van der Waals surface area (Å²) in [6, 6.07) is 7.59. The molecule has 3 heterocycles. The number of aromatic nitrogens is 2. The number of benzene rings is 1. The second-order valence-electron chi connectivity index (χ2n) is 6.62. The van der Waals surface area contributed by atoms with Gasteiger partial charge in [-0.05, 0) is 30.5 Å². The maximum atomic E-state index is 13.4. The van der Waals surface area contributed by atoms with Crippen LogP contribution in [-0.4, -0.2) is 40.1 Å². The highest BCUT2D eigenvalue weighted by Crippen LogP contribution is 2.30. The number of carbonyl (C=O) groups excluding carboxylic acids is 2. The lowest BCUT2D eigenvalue weighted by Gasteiger charge is -2.28. The number of methoxy groups -OCH3 is 1. The van der Waals surface area contributed by atoms with Crippen LogP contribution in [0, 0.1) is 6.92 Å². The highest BCUT2D eigenvalue weighted by Gasteiger charge is 2.27. The number of carbonyl (C=O) groups is 2. The molecule has 7 nitrogen and oxygen atoms in total. The van der Waals surface area contributed by atoms with Crippen LogP contribution in [0.4, 0.5) is 10.5 Å². The van der Waals surface area contributed by atoms with Gasteiger partial charge in [-0.1, -0.05) is 18.2 Å². The molecule has 3 aromatic rings. The van der Waals surface area contributed by atoms with Gasteiger partial charge in [-0.2, -0.15) is 0 Å². The number of fused-ring (bicyclic) bond motifs is 2. The molecule has 0 saturated carbocycles.